The molecule has 0 amide bonds. The molecule has 0 radical (unpaired) electrons. The lowest BCUT2D eigenvalue weighted by Crippen LogP contribution is -2.18. The van der Waals surface area contributed by atoms with Crippen molar-refractivity contribution in [2.45, 2.75) is 13.0 Å². The van der Waals surface area contributed by atoms with Gasteiger partial charge in [0.2, 0.25) is 5.89 Å². The third-order valence-electron chi connectivity index (χ3n) is 3.12. The first-order valence-corrected chi connectivity index (χ1v) is 6.97. The van der Waals surface area contributed by atoms with Gasteiger partial charge in [-0.05, 0) is 48.9 Å². The Balaban J connectivity index is 1.92. The van der Waals surface area contributed by atoms with Gasteiger partial charge in [-0.3, -0.25) is 4.79 Å². The summed E-state index contributed by atoms with van der Waals surface area (Å²) >= 11 is 5.33. The van der Waals surface area contributed by atoms with Crippen LogP contribution in [0.25, 0.3) is 22.6 Å². The van der Waals surface area contributed by atoms with E-state index in [1.165, 1.54) is 19.1 Å². The highest BCUT2D eigenvalue weighted by atomic mass is 35.5. The predicted molar refractivity (Wildman–Crippen MR) is 82.1 cm³/mol. The maximum absolute atomic E-state index is 11.0. The highest BCUT2D eigenvalue weighted by molar-refractivity contribution is 6.64. The van der Waals surface area contributed by atoms with E-state index in [0.717, 1.165) is 5.52 Å². The van der Waals surface area contributed by atoms with Gasteiger partial charge in [-0.25, -0.2) is 4.98 Å². The van der Waals surface area contributed by atoms with Crippen LogP contribution in [0.1, 0.15) is 6.92 Å². The molecule has 3 rings (SSSR count). The van der Waals surface area contributed by atoms with E-state index in [1.54, 1.807) is 6.07 Å². The summed E-state index contributed by atoms with van der Waals surface area (Å²) in [7, 11) is 0. The summed E-state index contributed by atoms with van der Waals surface area (Å²) < 4.78 is 10.9. The zero-order valence-corrected chi connectivity index (χ0v) is 12.4. The molecule has 1 aromatic heterocycles. The topological polar surface area (TPSA) is 72.6 Å². The molecule has 0 saturated heterocycles. The minimum Gasteiger partial charge on any atom is -0.504 e. The third kappa shape index (κ3) is 2.76. The van der Waals surface area contributed by atoms with Crippen molar-refractivity contribution in [2.24, 2.45) is 0 Å². The second kappa shape index (κ2) is 5.69. The standard InChI is InChI=1S/C16H12ClNO4/c1-9(15(17)20)21-14-7-6-10(8-12(14)19)16-18-11-4-2-3-5-13(11)22-16/h2-9,19H,1H3. The molecule has 3 aromatic rings. The first-order valence-electron chi connectivity index (χ1n) is 6.59. The van der Waals surface area contributed by atoms with Crippen molar-refractivity contribution in [3.63, 3.8) is 0 Å². The number of oxazole rings is 1. The summed E-state index contributed by atoms with van der Waals surface area (Å²) in [5.74, 6) is 0.440. The van der Waals surface area contributed by atoms with Crippen LogP contribution in [-0.2, 0) is 4.79 Å². The van der Waals surface area contributed by atoms with Crippen LogP contribution in [0.3, 0.4) is 0 Å². The highest BCUT2D eigenvalue weighted by Gasteiger charge is 2.16. The van der Waals surface area contributed by atoms with Crippen molar-refractivity contribution >= 4 is 27.9 Å². The number of carbonyl (C=O) groups is 1. The molecule has 0 spiro atoms. The van der Waals surface area contributed by atoms with E-state index in [1.807, 2.05) is 24.3 Å². The molecule has 1 heterocycles. The van der Waals surface area contributed by atoms with Gasteiger partial charge in [-0.2, -0.15) is 0 Å². The van der Waals surface area contributed by atoms with Crippen LogP contribution < -0.4 is 4.74 Å². The molecule has 112 valence electrons. The molecule has 0 aliphatic rings. The lowest BCUT2D eigenvalue weighted by atomic mass is 10.2. The van der Waals surface area contributed by atoms with Gasteiger partial charge >= 0.3 is 0 Å². The van der Waals surface area contributed by atoms with Crippen molar-refractivity contribution in [2.75, 3.05) is 0 Å². The van der Waals surface area contributed by atoms with E-state index in [-0.39, 0.29) is 11.5 Å². The molecule has 1 atom stereocenters. The Morgan fingerprint density at radius 1 is 1.32 bits per heavy atom. The van der Waals surface area contributed by atoms with Crippen molar-refractivity contribution in [1.29, 1.82) is 0 Å². The van der Waals surface area contributed by atoms with Crippen LogP contribution in [0.4, 0.5) is 0 Å². The van der Waals surface area contributed by atoms with Gasteiger partial charge in [-0.15, -0.1) is 0 Å². The van der Waals surface area contributed by atoms with Gasteiger partial charge in [0.15, 0.2) is 23.2 Å². The Kier molecular flexibility index (Phi) is 3.73. The summed E-state index contributed by atoms with van der Waals surface area (Å²) in [6.07, 6.45) is -0.845. The van der Waals surface area contributed by atoms with Crippen molar-refractivity contribution < 1.29 is 19.1 Å². The third-order valence-corrected chi connectivity index (χ3v) is 3.43. The van der Waals surface area contributed by atoms with Gasteiger partial charge in [-0.1, -0.05) is 12.1 Å². The van der Waals surface area contributed by atoms with Crippen LogP contribution in [0.2, 0.25) is 0 Å². The number of halogens is 1. The number of hydrogen-bond donors (Lipinski definition) is 1. The van der Waals surface area contributed by atoms with Gasteiger partial charge in [0, 0.05) is 5.56 Å². The first-order chi connectivity index (χ1) is 10.5. The Hall–Kier alpha value is -2.53. The second-order valence-electron chi connectivity index (χ2n) is 4.73. The Morgan fingerprint density at radius 3 is 2.77 bits per heavy atom. The van der Waals surface area contributed by atoms with Crippen LogP contribution in [0, 0.1) is 0 Å². The number of carbonyl (C=O) groups excluding carboxylic acids is 1. The zero-order valence-electron chi connectivity index (χ0n) is 11.6. The normalized spacial score (nSPS) is 12.3. The molecule has 0 saturated carbocycles. The summed E-state index contributed by atoms with van der Waals surface area (Å²) in [5.41, 5.74) is 2.00. The zero-order chi connectivity index (χ0) is 15.7. The number of aromatic nitrogens is 1. The molecule has 1 unspecified atom stereocenters. The van der Waals surface area contributed by atoms with Gasteiger partial charge < -0.3 is 14.3 Å². The molecular weight excluding hydrogens is 306 g/mol. The molecule has 22 heavy (non-hydrogen) atoms. The molecule has 2 aromatic carbocycles. The predicted octanol–water partition coefficient (Wildman–Crippen LogP) is 3.73. The number of benzene rings is 2. The highest BCUT2D eigenvalue weighted by Crippen LogP contribution is 2.33. The number of hydrogen-bond acceptors (Lipinski definition) is 5. The van der Waals surface area contributed by atoms with Crippen molar-refractivity contribution in [3.05, 3.63) is 42.5 Å². The number of para-hydroxylation sites is 2. The van der Waals surface area contributed by atoms with E-state index in [9.17, 15) is 9.90 Å². The molecule has 0 aliphatic heterocycles. The van der Waals surface area contributed by atoms with Crippen molar-refractivity contribution in [1.82, 2.24) is 4.98 Å². The smallest absolute Gasteiger partial charge is 0.262 e. The number of ether oxygens (including phenoxy) is 1. The summed E-state index contributed by atoms with van der Waals surface area (Å²) in [6, 6.07) is 12.1. The van der Waals surface area contributed by atoms with E-state index >= 15 is 0 Å². The molecule has 6 heteroatoms. The van der Waals surface area contributed by atoms with Crippen LogP contribution >= 0.6 is 11.6 Å². The van der Waals surface area contributed by atoms with E-state index in [0.29, 0.717) is 17.0 Å². The SMILES string of the molecule is CC(Oc1ccc(-c2nc3ccccc3o2)cc1O)C(=O)Cl. The van der Waals surface area contributed by atoms with E-state index in [2.05, 4.69) is 4.98 Å². The van der Waals surface area contributed by atoms with E-state index < -0.39 is 11.3 Å². The molecular formula is C16H12ClNO4. The van der Waals surface area contributed by atoms with Crippen LogP contribution in [-0.4, -0.2) is 21.4 Å². The van der Waals surface area contributed by atoms with Crippen molar-refractivity contribution in [3.8, 4) is 23.0 Å². The molecule has 5 nitrogen and oxygen atoms in total. The van der Waals surface area contributed by atoms with Gasteiger partial charge in [0.25, 0.3) is 5.24 Å². The Morgan fingerprint density at radius 2 is 2.09 bits per heavy atom. The molecule has 1 N–H and O–H groups in total. The monoisotopic (exact) mass is 317 g/mol. The summed E-state index contributed by atoms with van der Waals surface area (Å²) in [5, 5.41) is 9.37. The molecule has 0 bridgehead atoms. The average molecular weight is 318 g/mol. The lowest BCUT2D eigenvalue weighted by Gasteiger charge is -2.12. The molecule has 0 aliphatic carbocycles. The number of phenols is 1. The summed E-state index contributed by atoms with van der Waals surface area (Å²) in [4.78, 5) is 15.3. The van der Waals surface area contributed by atoms with Crippen LogP contribution in [0.15, 0.2) is 46.9 Å². The number of rotatable bonds is 4. The fourth-order valence-electron chi connectivity index (χ4n) is 1.98. The number of aromatic hydroxyl groups is 1. The van der Waals surface area contributed by atoms with Gasteiger partial charge in [0.05, 0.1) is 0 Å². The number of nitrogens with zero attached hydrogens (tertiary/aromatic N) is 1. The van der Waals surface area contributed by atoms with Gasteiger partial charge in [0.1, 0.15) is 5.52 Å². The second-order valence-corrected chi connectivity index (χ2v) is 5.11. The van der Waals surface area contributed by atoms with Crippen LogP contribution in [0.5, 0.6) is 11.5 Å². The van der Waals surface area contributed by atoms with E-state index in [4.69, 9.17) is 20.8 Å². The lowest BCUT2D eigenvalue weighted by molar-refractivity contribution is -0.117. The maximum Gasteiger partial charge on any atom is 0.262 e. The minimum atomic E-state index is -0.845. The fraction of sp³-hybridized carbons (Fsp3) is 0.125. The Labute approximate surface area is 131 Å². The average Bonchev–Trinajstić information content (AvgIpc) is 2.93. The quantitative estimate of drug-likeness (QED) is 0.742. The maximum atomic E-state index is 11.0. The fourth-order valence-corrected chi connectivity index (χ4v) is 2.03. The first kappa shape index (κ1) is 14.4. The molecule has 0 fully saturated rings. The largest absolute Gasteiger partial charge is 0.504 e. The minimum absolute atomic E-state index is 0.121. The Bertz CT molecular complexity index is 810. The number of fused-ring (bicyclic) bond motifs is 1. The summed E-state index contributed by atoms with van der Waals surface area (Å²) in [6.45, 7) is 1.50. The number of phenolic OH excluding ortho intramolecular Hbond substituents is 1.